The molecule has 2 aromatic carbocycles. The highest BCUT2D eigenvalue weighted by Crippen LogP contribution is 2.19. The minimum absolute atomic E-state index is 0.116. The zero-order valence-electron chi connectivity index (χ0n) is 14.0. The van der Waals surface area contributed by atoms with Gasteiger partial charge in [0.15, 0.2) is 0 Å². The number of anilines is 1. The zero-order chi connectivity index (χ0) is 18.7. The van der Waals surface area contributed by atoms with Gasteiger partial charge in [-0.05, 0) is 37.3 Å². The van der Waals surface area contributed by atoms with Crippen LogP contribution in [0.15, 0.2) is 53.4 Å². The van der Waals surface area contributed by atoms with Gasteiger partial charge in [-0.2, -0.15) is 0 Å². The Morgan fingerprint density at radius 1 is 1.19 bits per heavy atom. The van der Waals surface area contributed by atoms with Gasteiger partial charge in [0, 0.05) is 12.1 Å². The highest BCUT2D eigenvalue weighted by atomic mass is 32.2. The summed E-state index contributed by atoms with van der Waals surface area (Å²) in [5.41, 5.74) is 1.29. The number of rotatable bonds is 5. The first-order valence-corrected chi connectivity index (χ1v) is 9.41. The Bertz CT molecular complexity index is 936. The first-order valence-electron chi connectivity index (χ1n) is 7.92. The molecule has 8 heteroatoms. The second-order valence-electron chi connectivity index (χ2n) is 5.85. The molecule has 1 aliphatic heterocycles. The van der Waals surface area contributed by atoms with Crippen molar-refractivity contribution in [1.82, 2.24) is 0 Å². The van der Waals surface area contributed by atoms with Crippen LogP contribution in [0.1, 0.15) is 22.3 Å². The number of hydrogen-bond donors (Lipinski definition) is 1. The first kappa shape index (κ1) is 17.9. The number of sulfonamides is 1. The molecule has 7 nitrogen and oxygen atoms in total. The van der Waals surface area contributed by atoms with E-state index in [0.717, 1.165) is 5.56 Å². The van der Waals surface area contributed by atoms with Crippen molar-refractivity contribution in [3.8, 4) is 0 Å². The summed E-state index contributed by atoms with van der Waals surface area (Å²) in [7, 11) is -3.78. The average Bonchev–Trinajstić information content (AvgIpc) is 3.00. The van der Waals surface area contributed by atoms with Crippen molar-refractivity contribution in [2.45, 2.75) is 24.3 Å². The standard InChI is InChI=1S/C18H17NO6S/c1-12-5-7-15(8-6-12)26(22,23)19-14-4-2-3-13(11-14)17(20)25-16-9-10-24-18(16)21/h2-8,11,16,19H,9-10H2,1H3/t16-/m0/s1. The van der Waals surface area contributed by atoms with Gasteiger partial charge in [0.1, 0.15) is 0 Å². The summed E-state index contributed by atoms with van der Waals surface area (Å²) in [6, 6.07) is 12.3. The lowest BCUT2D eigenvalue weighted by Gasteiger charge is -2.11. The monoisotopic (exact) mass is 375 g/mol. The Hall–Kier alpha value is -2.87. The van der Waals surface area contributed by atoms with Crippen molar-refractivity contribution >= 4 is 27.6 Å². The van der Waals surface area contributed by atoms with Gasteiger partial charge in [-0.25, -0.2) is 18.0 Å². The van der Waals surface area contributed by atoms with Crippen molar-refractivity contribution < 1.29 is 27.5 Å². The number of benzene rings is 2. The van der Waals surface area contributed by atoms with Crippen LogP contribution < -0.4 is 4.72 Å². The molecule has 0 aromatic heterocycles. The Kier molecular flexibility index (Phi) is 4.94. The highest BCUT2D eigenvalue weighted by molar-refractivity contribution is 7.92. The van der Waals surface area contributed by atoms with E-state index >= 15 is 0 Å². The minimum atomic E-state index is -3.78. The maximum atomic E-state index is 12.4. The molecule has 1 atom stereocenters. The highest BCUT2D eigenvalue weighted by Gasteiger charge is 2.30. The summed E-state index contributed by atoms with van der Waals surface area (Å²) >= 11 is 0. The number of ether oxygens (including phenoxy) is 2. The van der Waals surface area contributed by atoms with Gasteiger partial charge in [-0.3, -0.25) is 4.72 Å². The summed E-state index contributed by atoms with van der Waals surface area (Å²) in [6.07, 6.45) is -0.611. The lowest BCUT2D eigenvalue weighted by molar-refractivity contribution is -0.145. The number of nitrogens with one attached hydrogen (secondary N) is 1. The molecule has 1 heterocycles. The second-order valence-corrected chi connectivity index (χ2v) is 7.53. The quantitative estimate of drug-likeness (QED) is 0.805. The molecular formula is C18H17NO6S. The van der Waals surface area contributed by atoms with Crippen LogP contribution in [0.2, 0.25) is 0 Å². The molecule has 0 saturated carbocycles. The van der Waals surface area contributed by atoms with Gasteiger partial charge in [0.2, 0.25) is 6.10 Å². The van der Waals surface area contributed by atoms with Crippen molar-refractivity contribution in [2.75, 3.05) is 11.3 Å². The molecule has 0 bridgehead atoms. The third-order valence-corrected chi connectivity index (χ3v) is 5.22. The maximum Gasteiger partial charge on any atom is 0.347 e. The lowest BCUT2D eigenvalue weighted by atomic mass is 10.2. The van der Waals surface area contributed by atoms with E-state index in [1.807, 2.05) is 6.92 Å². The zero-order valence-corrected chi connectivity index (χ0v) is 14.8. The van der Waals surface area contributed by atoms with E-state index in [1.54, 1.807) is 12.1 Å². The number of cyclic esters (lactones) is 1. The minimum Gasteiger partial charge on any atom is -0.463 e. The van der Waals surface area contributed by atoms with Gasteiger partial charge < -0.3 is 9.47 Å². The van der Waals surface area contributed by atoms with Crippen LogP contribution in [0.3, 0.4) is 0 Å². The third-order valence-electron chi connectivity index (χ3n) is 3.82. The van der Waals surface area contributed by atoms with Gasteiger partial charge >= 0.3 is 11.9 Å². The van der Waals surface area contributed by atoms with Crippen molar-refractivity contribution in [1.29, 1.82) is 0 Å². The molecule has 0 aliphatic carbocycles. The van der Waals surface area contributed by atoms with Crippen LogP contribution in [0.4, 0.5) is 5.69 Å². The predicted molar refractivity (Wildman–Crippen MR) is 93.2 cm³/mol. The number of carbonyl (C=O) groups is 2. The fraction of sp³-hybridized carbons (Fsp3) is 0.222. The molecule has 1 fully saturated rings. The average molecular weight is 375 g/mol. The predicted octanol–water partition coefficient (Wildman–Crippen LogP) is 2.27. The van der Waals surface area contributed by atoms with Crippen LogP contribution in [-0.4, -0.2) is 33.1 Å². The fourth-order valence-electron chi connectivity index (χ4n) is 2.42. The molecule has 0 unspecified atom stereocenters. The molecule has 1 aliphatic rings. The maximum absolute atomic E-state index is 12.4. The van der Waals surface area contributed by atoms with Crippen molar-refractivity contribution in [3.05, 3.63) is 59.7 Å². The van der Waals surface area contributed by atoms with Gasteiger partial charge in [0.05, 0.1) is 17.1 Å². The van der Waals surface area contributed by atoms with E-state index in [0.29, 0.717) is 6.42 Å². The smallest absolute Gasteiger partial charge is 0.347 e. The molecule has 26 heavy (non-hydrogen) atoms. The Morgan fingerprint density at radius 2 is 1.92 bits per heavy atom. The second kappa shape index (κ2) is 7.17. The number of aryl methyl sites for hydroxylation is 1. The summed E-state index contributed by atoms with van der Waals surface area (Å²) in [5.74, 6) is -1.29. The Balaban J connectivity index is 1.75. The molecular weight excluding hydrogens is 358 g/mol. The van der Waals surface area contributed by atoms with E-state index in [1.165, 1.54) is 36.4 Å². The molecule has 0 spiro atoms. The SMILES string of the molecule is Cc1ccc(S(=O)(=O)Nc2cccc(C(=O)O[C@H]3CCOC3=O)c2)cc1. The van der Waals surface area contributed by atoms with Crippen LogP contribution in [0, 0.1) is 6.92 Å². The topological polar surface area (TPSA) is 98.8 Å². The largest absolute Gasteiger partial charge is 0.463 e. The summed E-state index contributed by atoms with van der Waals surface area (Å²) < 4.78 is 37.1. The van der Waals surface area contributed by atoms with Gasteiger partial charge in [-0.15, -0.1) is 0 Å². The van der Waals surface area contributed by atoms with Gasteiger partial charge in [-0.1, -0.05) is 23.8 Å². The summed E-state index contributed by atoms with van der Waals surface area (Å²) in [4.78, 5) is 23.7. The Labute approximate surface area is 151 Å². The molecule has 3 rings (SSSR count). The molecule has 2 aromatic rings. The van der Waals surface area contributed by atoms with Gasteiger partial charge in [0.25, 0.3) is 10.0 Å². The normalized spacial score (nSPS) is 16.8. The molecule has 136 valence electrons. The van der Waals surface area contributed by atoms with Crippen LogP contribution in [0.25, 0.3) is 0 Å². The Morgan fingerprint density at radius 3 is 2.58 bits per heavy atom. The molecule has 1 saturated heterocycles. The lowest BCUT2D eigenvalue weighted by Crippen LogP contribution is -2.22. The van der Waals surface area contributed by atoms with Crippen LogP contribution in [-0.2, 0) is 24.3 Å². The molecule has 0 radical (unpaired) electrons. The third kappa shape index (κ3) is 4.02. The molecule has 1 N–H and O–H groups in total. The van der Waals surface area contributed by atoms with E-state index in [2.05, 4.69) is 4.72 Å². The van der Waals surface area contributed by atoms with E-state index in [-0.39, 0.29) is 22.8 Å². The first-order chi connectivity index (χ1) is 12.3. The van der Waals surface area contributed by atoms with E-state index in [9.17, 15) is 18.0 Å². The van der Waals surface area contributed by atoms with Crippen molar-refractivity contribution in [3.63, 3.8) is 0 Å². The van der Waals surface area contributed by atoms with E-state index in [4.69, 9.17) is 9.47 Å². The summed E-state index contributed by atoms with van der Waals surface area (Å²) in [5, 5.41) is 0. The number of esters is 2. The van der Waals surface area contributed by atoms with Crippen LogP contribution in [0.5, 0.6) is 0 Å². The fourth-order valence-corrected chi connectivity index (χ4v) is 3.47. The molecule has 0 amide bonds. The van der Waals surface area contributed by atoms with Crippen molar-refractivity contribution in [2.24, 2.45) is 0 Å². The number of carbonyl (C=O) groups excluding carboxylic acids is 2. The number of hydrogen-bond acceptors (Lipinski definition) is 6. The summed E-state index contributed by atoms with van der Waals surface area (Å²) in [6.45, 7) is 2.08. The van der Waals surface area contributed by atoms with Crippen LogP contribution >= 0.6 is 0 Å². The van der Waals surface area contributed by atoms with E-state index < -0.39 is 28.1 Å².